The van der Waals surface area contributed by atoms with E-state index in [1.54, 1.807) is 0 Å². The van der Waals surface area contributed by atoms with Crippen LogP contribution in [0, 0.1) is 23.7 Å². The van der Waals surface area contributed by atoms with Gasteiger partial charge in [0.05, 0.1) is 12.2 Å². The summed E-state index contributed by atoms with van der Waals surface area (Å²) in [7, 11) is 0. The van der Waals surface area contributed by atoms with Crippen molar-refractivity contribution in [1.82, 2.24) is 4.90 Å². The number of aliphatic imine (C=N–C) groups is 1. The Hall–Kier alpha value is -1.07. The quantitative estimate of drug-likeness (QED) is 0.793. The van der Waals surface area contributed by atoms with Crippen LogP contribution in [0.3, 0.4) is 0 Å². The maximum atomic E-state index is 6.82. The predicted octanol–water partition coefficient (Wildman–Crippen LogP) is 3.21. The molecule has 0 spiro atoms. The molecule has 3 aliphatic heterocycles. The van der Waals surface area contributed by atoms with Crippen molar-refractivity contribution in [1.29, 1.82) is 0 Å². The van der Waals surface area contributed by atoms with E-state index < -0.39 is 0 Å². The van der Waals surface area contributed by atoms with Gasteiger partial charge in [0.25, 0.3) is 0 Å². The lowest BCUT2D eigenvalue weighted by Crippen LogP contribution is -2.63. The number of ether oxygens (including phenoxy) is 2. The highest BCUT2D eigenvalue weighted by atomic mass is 16.7. The van der Waals surface area contributed by atoms with Gasteiger partial charge in [-0.1, -0.05) is 20.3 Å². The molecule has 1 saturated carbocycles. The zero-order valence-electron chi connectivity index (χ0n) is 15.5. The molecule has 2 fully saturated rings. The van der Waals surface area contributed by atoms with Gasteiger partial charge in [0.2, 0.25) is 6.79 Å². The Labute approximate surface area is 150 Å². The van der Waals surface area contributed by atoms with Crippen molar-refractivity contribution >= 4 is 5.71 Å². The SMILES string of the molecule is CC1C(C2CCC3=C(C2)OCO3)C(C)C2N=C3CCCCC3N2C1N. The van der Waals surface area contributed by atoms with Gasteiger partial charge in [-0.2, -0.15) is 0 Å². The molecular weight excluding hydrogens is 314 g/mol. The number of rotatable bonds is 1. The van der Waals surface area contributed by atoms with Crippen LogP contribution >= 0.6 is 0 Å². The summed E-state index contributed by atoms with van der Waals surface area (Å²) in [5.74, 6) is 4.52. The van der Waals surface area contributed by atoms with Crippen molar-refractivity contribution in [2.24, 2.45) is 34.4 Å². The highest BCUT2D eigenvalue weighted by Crippen LogP contribution is 2.49. The number of hydrogen-bond acceptors (Lipinski definition) is 5. The van der Waals surface area contributed by atoms with E-state index in [4.69, 9.17) is 20.2 Å². The van der Waals surface area contributed by atoms with Crippen LogP contribution in [0.25, 0.3) is 0 Å². The van der Waals surface area contributed by atoms with Crippen LogP contribution in [-0.4, -0.2) is 35.8 Å². The third kappa shape index (κ3) is 2.38. The molecule has 0 aromatic carbocycles. The number of fused-ring (bicyclic) bond motifs is 3. The van der Waals surface area contributed by atoms with E-state index in [0.29, 0.717) is 42.7 Å². The van der Waals surface area contributed by atoms with Gasteiger partial charge in [-0.15, -0.1) is 0 Å². The summed E-state index contributed by atoms with van der Waals surface area (Å²) in [5.41, 5.74) is 8.26. The first-order valence-corrected chi connectivity index (χ1v) is 10.2. The second-order valence-corrected chi connectivity index (χ2v) is 8.78. The van der Waals surface area contributed by atoms with Crippen LogP contribution in [0.1, 0.15) is 58.8 Å². The number of hydrogen-bond donors (Lipinski definition) is 1. The third-order valence-corrected chi connectivity index (χ3v) is 7.59. The van der Waals surface area contributed by atoms with Gasteiger partial charge < -0.3 is 15.2 Å². The molecular formula is C20H31N3O2. The first-order chi connectivity index (χ1) is 12.1. The zero-order valence-corrected chi connectivity index (χ0v) is 15.5. The lowest BCUT2D eigenvalue weighted by molar-refractivity contribution is -0.0562. The summed E-state index contributed by atoms with van der Waals surface area (Å²) in [6.45, 7) is 5.21. The zero-order chi connectivity index (χ0) is 17.1. The molecule has 7 atom stereocenters. The third-order valence-electron chi connectivity index (χ3n) is 7.59. The van der Waals surface area contributed by atoms with Crippen LogP contribution in [0.4, 0.5) is 0 Å². The standard InChI is InChI=1S/C20H31N3O2/c1-11-18(13-7-8-16-17(9-13)25-10-24-16)12(2)20-22-14-5-3-4-6-15(14)23(20)19(11)21/h11-13,15,18-20H,3-10,21H2,1-2H3. The van der Waals surface area contributed by atoms with E-state index in [1.165, 1.54) is 37.8 Å². The Morgan fingerprint density at radius 2 is 1.88 bits per heavy atom. The smallest absolute Gasteiger partial charge is 0.230 e. The van der Waals surface area contributed by atoms with E-state index in [1.807, 2.05) is 0 Å². The average molecular weight is 345 g/mol. The molecule has 5 rings (SSSR count). The van der Waals surface area contributed by atoms with Crippen LogP contribution in [0.15, 0.2) is 16.5 Å². The minimum Gasteiger partial charge on any atom is -0.458 e. The molecule has 3 heterocycles. The van der Waals surface area contributed by atoms with Crippen LogP contribution in [0.5, 0.6) is 0 Å². The van der Waals surface area contributed by atoms with Gasteiger partial charge >= 0.3 is 0 Å². The first-order valence-electron chi connectivity index (χ1n) is 10.2. The van der Waals surface area contributed by atoms with Gasteiger partial charge in [0, 0.05) is 18.6 Å². The van der Waals surface area contributed by atoms with E-state index in [2.05, 4.69) is 18.7 Å². The number of nitrogens with two attached hydrogens (primary N) is 1. The molecule has 0 aromatic heterocycles. The van der Waals surface area contributed by atoms with Crippen LogP contribution in [-0.2, 0) is 9.47 Å². The molecule has 0 bridgehead atoms. The molecule has 5 aliphatic rings. The van der Waals surface area contributed by atoms with E-state index in [9.17, 15) is 0 Å². The summed E-state index contributed by atoms with van der Waals surface area (Å²) >= 11 is 0. The molecule has 2 aliphatic carbocycles. The van der Waals surface area contributed by atoms with Gasteiger partial charge in [-0.25, -0.2) is 0 Å². The van der Waals surface area contributed by atoms with Gasteiger partial charge in [0.1, 0.15) is 17.7 Å². The van der Waals surface area contributed by atoms with Crippen molar-refractivity contribution < 1.29 is 9.47 Å². The van der Waals surface area contributed by atoms with Crippen LogP contribution < -0.4 is 5.73 Å². The lowest BCUT2D eigenvalue weighted by atomic mass is 9.65. The minimum absolute atomic E-state index is 0.131. The molecule has 0 amide bonds. The molecule has 25 heavy (non-hydrogen) atoms. The monoisotopic (exact) mass is 345 g/mol. The van der Waals surface area contributed by atoms with Crippen molar-refractivity contribution in [3.05, 3.63) is 11.5 Å². The predicted molar refractivity (Wildman–Crippen MR) is 96.5 cm³/mol. The number of nitrogens with zero attached hydrogens (tertiary/aromatic N) is 2. The molecule has 2 N–H and O–H groups in total. The van der Waals surface area contributed by atoms with E-state index in [0.717, 1.165) is 24.4 Å². The van der Waals surface area contributed by atoms with Crippen molar-refractivity contribution in [2.45, 2.75) is 77.2 Å². The molecule has 5 nitrogen and oxygen atoms in total. The van der Waals surface area contributed by atoms with Crippen molar-refractivity contribution in [3.8, 4) is 0 Å². The number of allylic oxidation sites excluding steroid dienone is 2. The summed E-state index contributed by atoms with van der Waals surface area (Å²) in [6.07, 6.45) is 8.72. The maximum absolute atomic E-state index is 6.82. The maximum Gasteiger partial charge on any atom is 0.230 e. The summed E-state index contributed by atoms with van der Waals surface area (Å²) < 4.78 is 11.3. The highest BCUT2D eigenvalue weighted by molar-refractivity contribution is 5.92. The highest BCUT2D eigenvalue weighted by Gasteiger charge is 2.53. The summed E-state index contributed by atoms with van der Waals surface area (Å²) in [4.78, 5) is 7.78. The van der Waals surface area contributed by atoms with E-state index >= 15 is 0 Å². The van der Waals surface area contributed by atoms with Crippen molar-refractivity contribution in [3.63, 3.8) is 0 Å². The Morgan fingerprint density at radius 1 is 1.04 bits per heavy atom. The number of piperidine rings is 1. The Bertz CT molecular complexity index is 616. The molecule has 0 aromatic rings. The second-order valence-electron chi connectivity index (χ2n) is 8.78. The van der Waals surface area contributed by atoms with Crippen LogP contribution in [0.2, 0.25) is 0 Å². The second kappa shape index (κ2) is 5.98. The van der Waals surface area contributed by atoms with E-state index in [-0.39, 0.29) is 6.17 Å². The van der Waals surface area contributed by atoms with Gasteiger partial charge in [-0.3, -0.25) is 9.89 Å². The van der Waals surface area contributed by atoms with Gasteiger partial charge in [-0.05, 0) is 49.4 Å². The fourth-order valence-corrected chi connectivity index (χ4v) is 6.38. The Kier molecular flexibility index (Phi) is 3.86. The fourth-order valence-electron chi connectivity index (χ4n) is 6.38. The molecule has 7 unspecified atom stereocenters. The first kappa shape index (κ1) is 16.1. The molecule has 1 saturated heterocycles. The fraction of sp³-hybridized carbons (Fsp3) is 0.850. The summed E-state index contributed by atoms with van der Waals surface area (Å²) in [5, 5.41) is 0. The minimum atomic E-state index is 0.131. The molecule has 0 radical (unpaired) electrons. The molecule has 138 valence electrons. The Morgan fingerprint density at radius 3 is 2.76 bits per heavy atom. The lowest BCUT2D eigenvalue weighted by Gasteiger charge is -2.52. The Balaban J connectivity index is 1.41. The topological polar surface area (TPSA) is 60.1 Å². The average Bonchev–Trinajstić information content (AvgIpc) is 3.24. The van der Waals surface area contributed by atoms with Gasteiger partial charge in [0.15, 0.2) is 0 Å². The largest absolute Gasteiger partial charge is 0.458 e. The summed E-state index contributed by atoms with van der Waals surface area (Å²) in [6, 6.07) is 0.520. The molecule has 5 heteroatoms. The van der Waals surface area contributed by atoms with Crippen molar-refractivity contribution in [2.75, 3.05) is 6.79 Å². The normalized spacial score (nSPS) is 46.7.